The molecule has 0 atom stereocenters. The number of likely N-dealkylation sites (tertiary alicyclic amines) is 1. The van der Waals surface area contributed by atoms with Crippen LogP contribution in [0.25, 0.3) is 0 Å². The summed E-state index contributed by atoms with van der Waals surface area (Å²) in [7, 11) is 0. The molecule has 1 fully saturated rings. The number of nitriles is 1. The molecular formula is C23H20N2O. The molecule has 1 aliphatic heterocycles. The molecule has 3 nitrogen and oxygen atoms in total. The molecule has 1 saturated heterocycles. The van der Waals surface area contributed by atoms with E-state index in [1.165, 1.54) is 11.1 Å². The summed E-state index contributed by atoms with van der Waals surface area (Å²) in [4.78, 5) is 2.44. The third-order valence-corrected chi connectivity index (χ3v) is 4.76. The Hall–Kier alpha value is -3.09. The molecule has 0 amide bonds. The molecule has 1 aliphatic rings. The van der Waals surface area contributed by atoms with Crippen LogP contribution in [0.4, 0.5) is 0 Å². The second kappa shape index (κ2) is 7.43. The van der Waals surface area contributed by atoms with E-state index in [1.54, 1.807) is 12.1 Å². The Bertz CT molecular complexity index is 840. The van der Waals surface area contributed by atoms with E-state index in [0.29, 0.717) is 5.56 Å². The van der Waals surface area contributed by atoms with Crippen LogP contribution in [-0.2, 0) is 0 Å². The van der Waals surface area contributed by atoms with E-state index in [2.05, 4.69) is 71.6 Å². The fraction of sp³-hybridized carbons (Fsp3) is 0.174. The molecule has 4 rings (SSSR count). The van der Waals surface area contributed by atoms with Crippen molar-refractivity contribution in [2.75, 3.05) is 13.1 Å². The van der Waals surface area contributed by atoms with E-state index in [1.807, 2.05) is 12.1 Å². The lowest BCUT2D eigenvalue weighted by atomic mass is 9.94. The molecule has 0 unspecified atom stereocenters. The molecule has 3 aromatic carbocycles. The van der Waals surface area contributed by atoms with Gasteiger partial charge in [-0.1, -0.05) is 60.7 Å². The zero-order valence-electron chi connectivity index (χ0n) is 14.5. The summed E-state index contributed by atoms with van der Waals surface area (Å²) in [5, 5.41) is 8.88. The second-order valence-corrected chi connectivity index (χ2v) is 6.55. The van der Waals surface area contributed by atoms with E-state index in [-0.39, 0.29) is 12.1 Å². The van der Waals surface area contributed by atoms with Gasteiger partial charge in [-0.15, -0.1) is 0 Å². The van der Waals surface area contributed by atoms with Crippen molar-refractivity contribution in [3.8, 4) is 11.8 Å². The molecule has 0 saturated carbocycles. The van der Waals surface area contributed by atoms with Gasteiger partial charge in [-0.2, -0.15) is 5.26 Å². The molecule has 0 aromatic heterocycles. The van der Waals surface area contributed by atoms with Crippen LogP contribution in [0, 0.1) is 11.3 Å². The summed E-state index contributed by atoms with van der Waals surface area (Å²) in [6.07, 6.45) is 0.179. The zero-order valence-corrected chi connectivity index (χ0v) is 14.5. The van der Waals surface area contributed by atoms with Gasteiger partial charge in [-0.05, 0) is 35.4 Å². The summed E-state index contributed by atoms with van der Waals surface area (Å²) in [5.41, 5.74) is 3.26. The summed E-state index contributed by atoms with van der Waals surface area (Å²) >= 11 is 0. The maximum atomic E-state index is 8.88. The number of rotatable bonds is 5. The van der Waals surface area contributed by atoms with Gasteiger partial charge < -0.3 is 4.74 Å². The number of benzene rings is 3. The fourth-order valence-corrected chi connectivity index (χ4v) is 3.44. The molecule has 128 valence electrons. The van der Waals surface area contributed by atoms with Gasteiger partial charge >= 0.3 is 0 Å². The normalized spacial score (nSPS) is 14.6. The van der Waals surface area contributed by atoms with Crippen molar-refractivity contribution < 1.29 is 4.74 Å². The average molecular weight is 340 g/mol. The summed E-state index contributed by atoms with van der Waals surface area (Å²) in [5.74, 6) is 0.824. The Morgan fingerprint density at radius 1 is 0.808 bits per heavy atom. The third-order valence-electron chi connectivity index (χ3n) is 4.76. The number of hydrogen-bond acceptors (Lipinski definition) is 3. The van der Waals surface area contributed by atoms with Gasteiger partial charge in [-0.25, -0.2) is 0 Å². The van der Waals surface area contributed by atoms with Crippen molar-refractivity contribution in [3.05, 3.63) is 102 Å². The first kappa shape index (κ1) is 16.4. The molecule has 0 aliphatic carbocycles. The lowest BCUT2D eigenvalue weighted by Gasteiger charge is -2.44. The first-order valence-corrected chi connectivity index (χ1v) is 8.84. The topological polar surface area (TPSA) is 36.3 Å². The first-order valence-electron chi connectivity index (χ1n) is 8.84. The van der Waals surface area contributed by atoms with Crippen molar-refractivity contribution in [2.24, 2.45) is 0 Å². The molecule has 3 heteroatoms. The number of nitrogens with zero attached hydrogens (tertiary/aromatic N) is 2. The van der Waals surface area contributed by atoms with Crippen molar-refractivity contribution in [1.29, 1.82) is 5.26 Å². The van der Waals surface area contributed by atoms with Crippen LogP contribution in [-0.4, -0.2) is 24.1 Å². The van der Waals surface area contributed by atoms with Crippen molar-refractivity contribution in [1.82, 2.24) is 4.90 Å². The highest BCUT2D eigenvalue weighted by atomic mass is 16.5. The Labute approximate surface area is 154 Å². The monoisotopic (exact) mass is 340 g/mol. The minimum atomic E-state index is 0.179. The van der Waals surface area contributed by atoms with Crippen LogP contribution in [0.2, 0.25) is 0 Å². The van der Waals surface area contributed by atoms with Crippen LogP contribution < -0.4 is 4.74 Å². The van der Waals surface area contributed by atoms with Gasteiger partial charge in [0.1, 0.15) is 11.9 Å². The predicted molar refractivity (Wildman–Crippen MR) is 102 cm³/mol. The van der Waals surface area contributed by atoms with Gasteiger partial charge in [0.15, 0.2) is 0 Å². The molecule has 26 heavy (non-hydrogen) atoms. The average Bonchev–Trinajstić information content (AvgIpc) is 2.68. The highest BCUT2D eigenvalue weighted by Crippen LogP contribution is 2.33. The van der Waals surface area contributed by atoms with Crippen LogP contribution >= 0.6 is 0 Å². The van der Waals surface area contributed by atoms with Gasteiger partial charge in [0.2, 0.25) is 0 Å². The zero-order chi connectivity index (χ0) is 17.8. The highest BCUT2D eigenvalue weighted by Gasteiger charge is 2.35. The van der Waals surface area contributed by atoms with Gasteiger partial charge in [-0.3, -0.25) is 4.90 Å². The summed E-state index contributed by atoms with van der Waals surface area (Å²) < 4.78 is 6.05. The molecule has 0 N–H and O–H groups in total. The quantitative estimate of drug-likeness (QED) is 0.690. The smallest absolute Gasteiger partial charge is 0.124 e. The first-order chi connectivity index (χ1) is 12.8. The van der Waals surface area contributed by atoms with Crippen molar-refractivity contribution >= 4 is 0 Å². The second-order valence-electron chi connectivity index (χ2n) is 6.55. The molecule has 1 heterocycles. The van der Waals surface area contributed by atoms with Crippen LogP contribution in [0.3, 0.4) is 0 Å². The van der Waals surface area contributed by atoms with E-state index >= 15 is 0 Å². The summed E-state index contributed by atoms with van der Waals surface area (Å²) in [6.45, 7) is 1.77. The highest BCUT2D eigenvalue weighted by molar-refractivity contribution is 5.35. The Kier molecular flexibility index (Phi) is 4.68. The molecule has 0 spiro atoms. The Morgan fingerprint density at radius 3 is 1.85 bits per heavy atom. The van der Waals surface area contributed by atoms with Gasteiger partial charge in [0, 0.05) is 13.1 Å². The standard InChI is InChI=1S/C23H20N2O/c24-15-18-11-13-21(14-12-18)26-22-16-25(17-22)23(19-7-3-1-4-8-19)20-9-5-2-6-10-20/h1-14,22-23H,16-17H2. The minimum absolute atomic E-state index is 0.179. The van der Waals surface area contributed by atoms with E-state index in [4.69, 9.17) is 10.00 Å². The molecular weight excluding hydrogens is 320 g/mol. The van der Waals surface area contributed by atoms with Crippen molar-refractivity contribution in [3.63, 3.8) is 0 Å². The lowest BCUT2D eigenvalue weighted by Crippen LogP contribution is -2.55. The SMILES string of the molecule is N#Cc1ccc(OC2CN(C(c3ccccc3)c3ccccc3)C2)cc1. The van der Waals surface area contributed by atoms with Gasteiger partial charge in [0.25, 0.3) is 0 Å². The molecule has 0 bridgehead atoms. The van der Waals surface area contributed by atoms with Crippen LogP contribution in [0.1, 0.15) is 22.7 Å². The van der Waals surface area contributed by atoms with E-state index < -0.39 is 0 Å². The maximum Gasteiger partial charge on any atom is 0.124 e. The van der Waals surface area contributed by atoms with Crippen LogP contribution in [0.5, 0.6) is 5.75 Å². The summed E-state index contributed by atoms with van der Waals surface area (Å²) in [6, 6.07) is 30.9. The van der Waals surface area contributed by atoms with E-state index in [0.717, 1.165) is 18.8 Å². The molecule has 3 aromatic rings. The third kappa shape index (κ3) is 3.46. The minimum Gasteiger partial charge on any atom is -0.488 e. The van der Waals surface area contributed by atoms with Crippen LogP contribution in [0.15, 0.2) is 84.9 Å². The lowest BCUT2D eigenvalue weighted by molar-refractivity contribution is 0.000288. The molecule has 0 radical (unpaired) electrons. The maximum absolute atomic E-state index is 8.88. The van der Waals surface area contributed by atoms with Gasteiger partial charge in [0.05, 0.1) is 17.7 Å². The largest absolute Gasteiger partial charge is 0.488 e. The predicted octanol–water partition coefficient (Wildman–Crippen LogP) is 4.41. The fourth-order valence-electron chi connectivity index (χ4n) is 3.44. The number of hydrogen-bond donors (Lipinski definition) is 0. The van der Waals surface area contributed by atoms with Crippen molar-refractivity contribution in [2.45, 2.75) is 12.1 Å². The van der Waals surface area contributed by atoms with E-state index in [9.17, 15) is 0 Å². The Morgan fingerprint density at radius 2 is 1.35 bits per heavy atom. The number of ether oxygens (including phenoxy) is 1. The Balaban J connectivity index is 1.46.